The monoisotopic (exact) mass is 296 g/mol. The Hall–Kier alpha value is -1.33. The fraction of sp³-hybridized carbons (Fsp3) is 0.571. The van der Waals surface area contributed by atoms with Crippen LogP contribution < -0.4 is 5.32 Å². The van der Waals surface area contributed by atoms with E-state index in [1.807, 2.05) is 13.1 Å². The zero-order valence-electron chi connectivity index (χ0n) is 12.0. The van der Waals surface area contributed by atoms with Gasteiger partial charge in [0, 0.05) is 45.9 Å². The van der Waals surface area contributed by atoms with Gasteiger partial charge in [-0.3, -0.25) is 4.99 Å². The number of rotatable bonds is 4. The predicted octanol–water partition coefficient (Wildman–Crippen LogP) is 1.78. The summed E-state index contributed by atoms with van der Waals surface area (Å²) >= 11 is 5.78. The molecule has 0 amide bonds. The zero-order valence-corrected chi connectivity index (χ0v) is 12.7. The van der Waals surface area contributed by atoms with Gasteiger partial charge in [-0.2, -0.15) is 0 Å². The van der Waals surface area contributed by atoms with Crippen LogP contribution in [0.15, 0.2) is 23.3 Å². The van der Waals surface area contributed by atoms with Crippen molar-refractivity contribution in [1.29, 1.82) is 0 Å². The number of hydrogen-bond donors (Lipinski definition) is 1. The molecule has 0 bridgehead atoms. The molecule has 1 aromatic heterocycles. The van der Waals surface area contributed by atoms with Crippen LogP contribution in [0.1, 0.15) is 12.0 Å². The first-order valence-electron chi connectivity index (χ1n) is 6.78. The van der Waals surface area contributed by atoms with Crippen LogP contribution >= 0.6 is 11.6 Å². The van der Waals surface area contributed by atoms with Gasteiger partial charge < -0.3 is 15.0 Å². The van der Waals surface area contributed by atoms with Crippen LogP contribution in [0.4, 0.5) is 0 Å². The number of methoxy groups -OCH3 is 1. The van der Waals surface area contributed by atoms with Gasteiger partial charge in [0.05, 0.1) is 6.61 Å². The SMILES string of the molecule is CN=C(NCc1ccc(Cl)nc1)N1CCC(COC)C1. The normalized spacial score (nSPS) is 19.4. The molecule has 5 nitrogen and oxygen atoms in total. The first kappa shape index (κ1) is 15.1. The van der Waals surface area contributed by atoms with E-state index in [2.05, 4.69) is 20.2 Å². The molecule has 2 heterocycles. The number of nitrogens with zero attached hydrogens (tertiary/aromatic N) is 3. The topological polar surface area (TPSA) is 49.8 Å². The van der Waals surface area contributed by atoms with Crippen molar-refractivity contribution in [1.82, 2.24) is 15.2 Å². The number of likely N-dealkylation sites (tertiary alicyclic amines) is 1. The summed E-state index contributed by atoms with van der Waals surface area (Å²) < 4.78 is 5.22. The second-order valence-electron chi connectivity index (χ2n) is 4.95. The first-order valence-corrected chi connectivity index (χ1v) is 7.15. The van der Waals surface area contributed by atoms with Gasteiger partial charge in [-0.15, -0.1) is 0 Å². The lowest BCUT2D eigenvalue weighted by atomic mass is 10.1. The second kappa shape index (κ2) is 7.45. The van der Waals surface area contributed by atoms with Crippen molar-refractivity contribution in [2.75, 3.05) is 33.9 Å². The minimum absolute atomic E-state index is 0.514. The third kappa shape index (κ3) is 4.08. The number of guanidine groups is 1. The summed E-state index contributed by atoms with van der Waals surface area (Å²) in [6.45, 7) is 3.52. The lowest BCUT2D eigenvalue weighted by Crippen LogP contribution is -2.39. The van der Waals surface area contributed by atoms with Crippen LogP contribution in [-0.2, 0) is 11.3 Å². The molecule has 1 saturated heterocycles. The Kier molecular flexibility index (Phi) is 5.61. The Morgan fingerprint density at radius 2 is 2.45 bits per heavy atom. The smallest absolute Gasteiger partial charge is 0.193 e. The molecule has 2 rings (SSSR count). The standard InChI is InChI=1S/C14H21ClN4O/c1-16-14(19-6-5-12(9-19)10-20-2)18-8-11-3-4-13(15)17-7-11/h3-4,7,12H,5-6,8-10H2,1-2H3,(H,16,18). The molecule has 1 unspecified atom stereocenters. The molecule has 0 spiro atoms. The Bertz CT molecular complexity index is 449. The molecular weight excluding hydrogens is 276 g/mol. The van der Waals surface area contributed by atoms with Crippen molar-refractivity contribution in [3.8, 4) is 0 Å². The van der Waals surface area contributed by atoms with Crippen molar-refractivity contribution in [3.05, 3.63) is 29.0 Å². The lowest BCUT2D eigenvalue weighted by molar-refractivity contribution is 0.157. The maximum atomic E-state index is 5.78. The van der Waals surface area contributed by atoms with E-state index in [4.69, 9.17) is 16.3 Å². The Balaban J connectivity index is 1.85. The van der Waals surface area contributed by atoms with Gasteiger partial charge in [0.25, 0.3) is 0 Å². The van der Waals surface area contributed by atoms with E-state index in [0.29, 0.717) is 17.6 Å². The molecule has 0 aliphatic carbocycles. The van der Waals surface area contributed by atoms with Crippen LogP contribution in [0.2, 0.25) is 5.15 Å². The van der Waals surface area contributed by atoms with Gasteiger partial charge in [0.1, 0.15) is 5.15 Å². The maximum Gasteiger partial charge on any atom is 0.193 e. The summed E-state index contributed by atoms with van der Waals surface area (Å²) in [5.41, 5.74) is 1.09. The molecule has 6 heteroatoms. The van der Waals surface area contributed by atoms with Gasteiger partial charge in [-0.1, -0.05) is 17.7 Å². The molecule has 110 valence electrons. The third-order valence-corrected chi connectivity index (χ3v) is 3.66. The fourth-order valence-electron chi connectivity index (χ4n) is 2.42. The van der Waals surface area contributed by atoms with E-state index < -0.39 is 0 Å². The van der Waals surface area contributed by atoms with E-state index >= 15 is 0 Å². The minimum atomic E-state index is 0.514. The number of halogens is 1. The van der Waals surface area contributed by atoms with Crippen molar-refractivity contribution < 1.29 is 4.74 Å². The summed E-state index contributed by atoms with van der Waals surface area (Å²) in [6, 6.07) is 3.76. The minimum Gasteiger partial charge on any atom is -0.384 e. The quantitative estimate of drug-likeness (QED) is 0.523. The summed E-state index contributed by atoms with van der Waals surface area (Å²) in [5, 5.41) is 3.88. The number of ether oxygens (including phenoxy) is 1. The van der Waals surface area contributed by atoms with Gasteiger partial charge in [-0.05, 0) is 18.1 Å². The number of aliphatic imine (C=N–C) groups is 1. The zero-order chi connectivity index (χ0) is 14.4. The van der Waals surface area contributed by atoms with E-state index in [1.165, 1.54) is 0 Å². The van der Waals surface area contributed by atoms with Crippen molar-refractivity contribution >= 4 is 17.6 Å². The molecule has 20 heavy (non-hydrogen) atoms. The molecule has 1 N–H and O–H groups in total. The van der Waals surface area contributed by atoms with Gasteiger partial charge >= 0.3 is 0 Å². The average molecular weight is 297 g/mol. The van der Waals surface area contributed by atoms with Crippen molar-refractivity contribution in [3.63, 3.8) is 0 Å². The van der Waals surface area contributed by atoms with Crippen LogP contribution in [0.25, 0.3) is 0 Å². The highest BCUT2D eigenvalue weighted by Crippen LogP contribution is 2.16. The maximum absolute atomic E-state index is 5.78. The van der Waals surface area contributed by atoms with E-state index in [1.54, 1.807) is 19.4 Å². The molecule has 0 saturated carbocycles. The summed E-state index contributed by atoms with van der Waals surface area (Å²) in [6.07, 6.45) is 2.93. The van der Waals surface area contributed by atoms with Crippen LogP contribution in [0, 0.1) is 5.92 Å². The second-order valence-corrected chi connectivity index (χ2v) is 5.33. The van der Waals surface area contributed by atoms with E-state index in [-0.39, 0.29) is 0 Å². The molecule has 1 aliphatic heterocycles. The number of hydrogen-bond acceptors (Lipinski definition) is 3. The highest BCUT2D eigenvalue weighted by molar-refractivity contribution is 6.29. The van der Waals surface area contributed by atoms with Crippen LogP contribution in [0.5, 0.6) is 0 Å². The van der Waals surface area contributed by atoms with Crippen LogP contribution in [-0.4, -0.2) is 49.7 Å². The predicted molar refractivity (Wildman–Crippen MR) is 81.0 cm³/mol. The van der Waals surface area contributed by atoms with Gasteiger partial charge in [0.2, 0.25) is 0 Å². The summed E-state index contributed by atoms with van der Waals surface area (Å²) in [4.78, 5) is 10.7. The highest BCUT2D eigenvalue weighted by atomic mass is 35.5. The third-order valence-electron chi connectivity index (χ3n) is 3.44. The molecule has 0 radical (unpaired) electrons. The number of aromatic nitrogens is 1. The summed E-state index contributed by atoms with van der Waals surface area (Å²) in [5.74, 6) is 1.52. The van der Waals surface area contributed by atoms with Gasteiger partial charge in [-0.25, -0.2) is 4.98 Å². The largest absolute Gasteiger partial charge is 0.384 e. The molecule has 1 aromatic rings. The molecule has 0 aromatic carbocycles. The average Bonchev–Trinajstić information content (AvgIpc) is 2.91. The van der Waals surface area contributed by atoms with Gasteiger partial charge in [0.15, 0.2) is 5.96 Å². The van der Waals surface area contributed by atoms with E-state index in [9.17, 15) is 0 Å². The summed E-state index contributed by atoms with van der Waals surface area (Å²) in [7, 11) is 3.56. The molecule has 1 fully saturated rings. The van der Waals surface area contributed by atoms with Crippen molar-refractivity contribution in [2.45, 2.75) is 13.0 Å². The first-order chi connectivity index (χ1) is 9.72. The molecule has 1 atom stereocenters. The lowest BCUT2D eigenvalue weighted by Gasteiger charge is -2.21. The van der Waals surface area contributed by atoms with E-state index in [0.717, 1.165) is 37.6 Å². The molecular formula is C14H21ClN4O. The number of pyridine rings is 1. The Morgan fingerprint density at radius 3 is 3.10 bits per heavy atom. The Labute approximate surface area is 125 Å². The number of nitrogens with one attached hydrogen (secondary N) is 1. The Morgan fingerprint density at radius 1 is 1.60 bits per heavy atom. The van der Waals surface area contributed by atoms with Crippen molar-refractivity contribution in [2.24, 2.45) is 10.9 Å². The highest BCUT2D eigenvalue weighted by Gasteiger charge is 2.24. The fourth-order valence-corrected chi connectivity index (χ4v) is 2.53. The molecule has 1 aliphatic rings. The van der Waals surface area contributed by atoms with Crippen LogP contribution in [0.3, 0.4) is 0 Å².